The number of aliphatic hydroxyl groups excluding tert-OH is 1. The molecule has 0 radical (unpaired) electrons. The van der Waals surface area contributed by atoms with Crippen molar-refractivity contribution in [2.75, 3.05) is 20.7 Å². The number of carbonyl (C=O) groups excluding carboxylic acids is 2. The minimum atomic E-state index is -0.411. The SMILES string of the molecule is CN(C)C(=O)C[C@@H]1CC[C@@H](NC(=O)C2CC2)[C@@H](CO)O1. The minimum absolute atomic E-state index is 0.0205. The molecule has 2 aliphatic rings. The lowest BCUT2D eigenvalue weighted by molar-refractivity contribution is -0.141. The maximum Gasteiger partial charge on any atom is 0.224 e. The highest BCUT2D eigenvalue weighted by molar-refractivity contribution is 5.81. The van der Waals surface area contributed by atoms with Crippen molar-refractivity contribution >= 4 is 11.8 Å². The molecule has 2 fully saturated rings. The fourth-order valence-corrected chi connectivity index (χ4v) is 2.47. The van der Waals surface area contributed by atoms with Gasteiger partial charge in [0.15, 0.2) is 0 Å². The Morgan fingerprint density at radius 3 is 2.50 bits per heavy atom. The van der Waals surface area contributed by atoms with E-state index in [-0.39, 0.29) is 36.5 Å². The van der Waals surface area contributed by atoms with Crippen LogP contribution < -0.4 is 5.32 Å². The molecule has 20 heavy (non-hydrogen) atoms. The van der Waals surface area contributed by atoms with Crippen LogP contribution in [0.3, 0.4) is 0 Å². The number of rotatable bonds is 5. The topological polar surface area (TPSA) is 78.9 Å². The molecule has 2 N–H and O–H groups in total. The van der Waals surface area contributed by atoms with Crippen molar-refractivity contribution < 1.29 is 19.4 Å². The summed E-state index contributed by atoms with van der Waals surface area (Å²) in [4.78, 5) is 25.0. The van der Waals surface area contributed by atoms with E-state index in [4.69, 9.17) is 4.74 Å². The van der Waals surface area contributed by atoms with E-state index in [1.54, 1.807) is 14.1 Å². The Kier molecular flexibility index (Phi) is 4.99. The van der Waals surface area contributed by atoms with Crippen LogP contribution in [0.5, 0.6) is 0 Å². The van der Waals surface area contributed by atoms with Crippen LogP contribution in [0, 0.1) is 5.92 Å². The van der Waals surface area contributed by atoms with Crippen LogP contribution in [0.15, 0.2) is 0 Å². The molecule has 2 amide bonds. The van der Waals surface area contributed by atoms with Crippen molar-refractivity contribution in [1.82, 2.24) is 10.2 Å². The molecule has 0 aromatic carbocycles. The van der Waals surface area contributed by atoms with Crippen molar-refractivity contribution in [2.24, 2.45) is 5.92 Å². The first kappa shape index (κ1) is 15.3. The molecule has 3 atom stereocenters. The molecule has 1 saturated carbocycles. The Morgan fingerprint density at radius 1 is 1.25 bits per heavy atom. The van der Waals surface area contributed by atoms with Gasteiger partial charge in [0.25, 0.3) is 0 Å². The first-order valence-electron chi connectivity index (χ1n) is 7.28. The van der Waals surface area contributed by atoms with Gasteiger partial charge in [-0.2, -0.15) is 0 Å². The lowest BCUT2D eigenvalue weighted by atomic mass is 9.96. The van der Waals surface area contributed by atoms with Gasteiger partial charge in [0.1, 0.15) is 6.10 Å². The number of carbonyl (C=O) groups is 2. The van der Waals surface area contributed by atoms with Gasteiger partial charge in [-0.1, -0.05) is 0 Å². The van der Waals surface area contributed by atoms with E-state index < -0.39 is 6.10 Å². The molecule has 0 aromatic rings. The van der Waals surface area contributed by atoms with Crippen molar-refractivity contribution in [1.29, 1.82) is 0 Å². The van der Waals surface area contributed by atoms with Gasteiger partial charge in [0.2, 0.25) is 11.8 Å². The normalized spacial score (nSPS) is 29.9. The third-order valence-corrected chi connectivity index (χ3v) is 3.97. The van der Waals surface area contributed by atoms with E-state index in [1.165, 1.54) is 4.90 Å². The Bertz CT molecular complexity index is 368. The van der Waals surface area contributed by atoms with E-state index in [1.807, 2.05) is 0 Å². The summed E-state index contributed by atoms with van der Waals surface area (Å²) in [6, 6.07) is -0.140. The van der Waals surface area contributed by atoms with Crippen LogP contribution in [-0.2, 0) is 14.3 Å². The van der Waals surface area contributed by atoms with Crippen LogP contribution in [0.25, 0.3) is 0 Å². The highest BCUT2D eigenvalue weighted by Gasteiger charge is 2.36. The molecule has 114 valence electrons. The number of hydrogen-bond acceptors (Lipinski definition) is 4. The van der Waals surface area contributed by atoms with Crippen LogP contribution in [0.1, 0.15) is 32.1 Å². The Balaban J connectivity index is 1.83. The summed E-state index contributed by atoms with van der Waals surface area (Å²) in [5, 5.41) is 12.4. The van der Waals surface area contributed by atoms with Crippen LogP contribution in [-0.4, -0.2) is 60.8 Å². The summed E-state index contributed by atoms with van der Waals surface area (Å²) in [7, 11) is 3.43. The van der Waals surface area contributed by atoms with Gasteiger partial charge in [0, 0.05) is 20.0 Å². The number of nitrogens with one attached hydrogen (secondary N) is 1. The van der Waals surface area contributed by atoms with Crippen molar-refractivity contribution in [3.05, 3.63) is 0 Å². The summed E-state index contributed by atoms with van der Waals surface area (Å²) in [5.74, 6) is 0.245. The van der Waals surface area contributed by atoms with Gasteiger partial charge < -0.3 is 20.1 Å². The van der Waals surface area contributed by atoms with Crippen molar-refractivity contribution in [3.8, 4) is 0 Å². The smallest absolute Gasteiger partial charge is 0.224 e. The summed E-state index contributed by atoms with van der Waals surface area (Å²) < 4.78 is 5.76. The molecule has 0 spiro atoms. The van der Waals surface area contributed by atoms with Gasteiger partial charge in [-0.15, -0.1) is 0 Å². The number of nitrogens with zero attached hydrogens (tertiary/aromatic N) is 1. The molecule has 0 unspecified atom stereocenters. The van der Waals surface area contributed by atoms with Crippen molar-refractivity contribution in [3.63, 3.8) is 0 Å². The number of amides is 2. The average Bonchev–Trinajstić information content (AvgIpc) is 3.24. The number of aliphatic hydroxyl groups is 1. The zero-order chi connectivity index (χ0) is 14.7. The lowest BCUT2D eigenvalue weighted by Crippen LogP contribution is -2.51. The minimum Gasteiger partial charge on any atom is -0.394 e. The molecule has 0 bridgehead atoms. The quantitative estimate of drug-likeness (QED) is 0.739. The molecule has 6 nitrogen and oxygen atoms in total. The third-order valence-electron chi connectivity index (χ3n) is 3.97. The Morgan fingerprint density at radius 2 is 1.95 bits per heavy atom. The third kappa shape index (κ3) is 3.93. The molecule has 6 heteroatoms. The molecule has 2 rings (SSSR count). The Labute approximate surface area is 119 Å². The molecule has 1 aliphatic carbocycles. The molecule has 1 saturated heterocycles. The fraction of sp³-hybridized carbons (Fsp3) is 0.857. The van der Waals surface area contributed by atoms with E-state index in [2.05, 4.69) is 5.32 Å². The van der Waals surface area contributed by atoms with Gasteiger partial charge >= 0.3 is 0 Å². The monoisotopic (exact) mass is 284 g/mol. The van der Waals surface area contributed by atoms with Crippen molar-refractivity contribution in [2.45, 2.75) is 50.4 Å². The number of ether oxygens (including phenoxy) is 1. The second kappa shape index (κ2) is 6.54. The van der Waals surface area contributed by atoms with Crippen LogP contribution >= 0.6 is 0 Å². The molecular formula is C14H24N2O4. The van der Waals surface area contributed by atoms with Gasteiger partial charge in [0.05, 0.1) is 25.2 Å². The lowest BCUT2D eigenvalue weighted by Gasteiger charge is -2.36. The summed E-state index contributed by atoms with van der Waals surface area (Å²) in [5.41, 5.74) is 0. The van der Waals surface area contributed by atoms with E-state index in [0.717, 1.165) is 25.7 Å². The molecule has 0 aromatic heterocycles. The largest absolute Gasteiger partial charge is 0.394 e. The standard InChI is InChI=1S/C14H24N2O4/c1-16(2)13(18)7-10-5-6-11(12(8-17)20-10)15-14(19)9-3-4-9/h9-12,17H,3-8H2,1-2H3,(H,15,19)/t10-,11+,12+/m0/s1. The second-order valence-corrected chi connectivity index (χ2v) is 5.94. The summed E-state index contributed by atoms with van der Waals surface area (Å²) >= 11 is 0. The van der Waals surface area contributed by atoms with Crippen LogP contribution in [0.4, 0.5) is 0 Å². The highest BCUT2D eigenvalue weighted by Crippen LogP contribution is 2.30. The predicted octanol–water partition coefficient (Wildman–Crippen LogP) is -0.101. The summed E-state index contributed by atoms with van der Waals surface area (Å²) in [6.07, 6.45) is 3.14. The van der Waals surface area contributed by atoms with Gasteiger partial charge in [-0.25, -0.2) is 0 Å². The van der Waals surface area contributed by atoms with E-state index in [0.29, 0.717) is 6.42 Å². The zero-order valence-corrected chi connectivity index (χ0v) is 12.2. The van der Waals surface area contributed by atoms with Gasteiger partial charge in [-0.05, 0) is 25.7 Å². The first-order chi connectivity index (χ1) is 9.51. The molecule has 1 aliphatic heterocycles. The van der Waals surface area contributed by atoms with Gasteiger partial charge in [-0.3, -0.25) is 9.59 Å². The number of hydrogen-bond donors (Lipinski definition) is 2. The maximum absolute atomic E-state index is 11.8. The van der Waals surface area contributed by atoms with Crippen LogP contribution in [0.2, 0.25) is 0 Å². The Hall–Kier alpha value is -1.14. The first-order valence-corrected chi connectivity index (χ1v) is 7.28. The predicted molar refractivity (Wildman–Crippen MR) is 72.9 cm³/mol. The zero-order valence-electron chi connectivity index (χ0n) is 12.2. The molecular weight excluding hydrogens is 260 g/mol. The maximum atomic E-state index is 11.8. The van der Waals surface area contributed by atoms with E-state index in [9.17, 15) is 14.7 Å². The highest BCUT2D eigenvalue weighted by atomic mass is 16.5. The van der Waals surface area contributed by atoms with E-state index >= 15 is 0 Å². The fourth-order valence-electron chi connectivity index (χ4n) is 2.47. The molecule has 1 heterocycles. The second-order valence-electron chi connectivity index (χ2n) is 5.94. The average molecular weight is 284 g/mol. The summed E-state index contributed by atoms with van der Waals surface area (Å²) in [6.45, 7) is -0.137.